The average molecular weight is 244 g/mol. The largest absolute Gasteiger partial charge is 0.321 e. The van der Waals surface area contributed by atoms with E-state index in [2.05, 4.69) is 13.0 Å². The predicted molar refractivity (Wildman–Crippen MR) is 67.4 cm³/mol. The van der Waals surface area contributed by atoms with Gasteiger partial charge in [0.25, 0.3) is 0 Å². The number of thiophene rings is 1. The molecule has 1 aliphatic carbocycles. The summed E-state index contributed by atoms with van der Waals surface area (Å²) in [6.07, 6.45) is 6.01. The third-order valence-electron chi connectivity index (χ3n) is 3.47. The molecule has 1 fully saturated rings. The van der Waals surface area contributed by atoms with E-state index in [-0.39, 0.29) is 5.54 Å². The Morgan fingerprint density at radius 2 is 2.20 bits per heavy atom. The van der Waals surface area contributed by atoms with E-state index in [1.165, 1.54) is 24.1 Å². The average Bonchev–Trinajstić information content (AvgIpc) is 2.55. The quantitative estimate of drug-likeness (QED) is 0.737. The molecule has 0 radical (unpaired) electrons. The highest BCUT2D eigenvalue weighted by molar-refractivity contribution is 7.16. The lowest BCUT2D eigenvalue weighted by molar-refractivity contribution is 0.385. The van der Waals surface area contributed by atoms with Gasteiger partial charge in [-0.15, -0.1) is 11.3 Å². The second-order valence-electron chi connectivity index (χ2n) is 4.80. The molecule has 84 valence electrons. The molecule has 1 aromatic rings. The molecule has 0 amide bonds. The van der Waals surface area contributed by atoms with Crippen LogP contribution in [0.3, 0.4) is 0 Å². The van der Waals surface area contributed by atoms with Crippen LogP contribution in [-0.2, 0) is 5.54 Å². The molecule has 2 N–H and O–H groups in total. The van der Waals surface area contributed by atoms with E-state index < -0.39 is 0 Å². The Labute approximate surface area is 101 Å². The zero-order valence-electron chi connectivity index (χ0n) is 9.13. The Morgan fingerprint density at radius 3 is 2.87 bits per heavy atom. The van der Waals surface area contributed by atoms with E-state index in [9.17, 15) is 0 Å². The zero-order chi connectivity index (χ0) is 10.9. The molecule has 1 aromatic heterocycles. The summed E-state index contributed by atoms with van der Waals surface area (Å²) in [5.74, 6) is 0.825. The maximum Gasteiger partial charge on any atom is 0.0931 e. The van der Waals surface area contributed by atoms with Crippen molar-refractivity contribution in [2.75, 3.05) is 0 Å². The van der Waals surface area contributed by atoms with Crippen molar-refractivity contribution < 1.29 is 0 Å². The van der Waals surface area contributed by atoms with Crippen LogP contribution in [-0.4, -0.2) is 0 Å². The fourth-order valence-electron chi connectivity index (χ4n) is 2.37. The normalized spacial score (nSPS) is 32.6. The van der Waals surface area contributed by atoms with Gasteiger partial charge in [-0.25, -0.2) is 0 Å². The van der Waals surface area contributed by atoms with Crippen molar-refractivity contribution in [3.8, 4) is 0 Å². The Kier molecular flexibility index (Phi) is 3.39. The van der Waals surface area contributed by atoms with Crippen LogP contribution < -0.4 is 5.73 Å². The second-order valence-corrected chi connectivity index (χ2v) is 6.51. The molecule has 1 nitrogen and oxygen atoms in total. The molecule has 3 heteroatoms. The van der Waals surface area contributed by atoms with Crippen LogP contribution in [0.4, 0.5) is 0 Å². The van der Waals surface area contributed by atoms with Crippen molar-refractivity contribution in [2.45, 2.75) is 44.6 Å². The third-order valence-corrected chi connectivity index (χ3v) is 4.92. The van der Waals surface area contributed by atoms with Crippen molar-refractivity contribution in [1.82, 2.24) is 0 Å². The van der Waals surface area contributed by atoms with Gasteiger partial charge in [-0.05, 0) is 37.3 Å². The fourth-order valence-corrected chi connectivity index (χ4v) is 3.57. The summed E-state index contributed by atoms with van der Waals surface area (Å²) in [5, 5.41) is 0. The van der Waals surface area contributed by atoms with Gasteiger partial charge in [0, 0.05) is 4.88 Å². The molecule has 2 unspecified atom stereocenters. The lowest BCUT2D eigenvalue weighted by Gasteiger charge is -2.26. The lowest BCUT2D eigenvalue weighted by Crippen LogP contribution is -2.35. The number of rotatable bonds is 1. The molecule has 0 aliphatic heterocycles. The summed E-state index contributed by atoms with van der Waals surface area (Å²) in [6, 6.07) is 4.06. The van der Waals surface area contributed by atoms with Gasteiger partial charge in [0.2, 0.25) is 0 Å². The number of nitrogens with two attached hydrogens (primary N) is 1. The van der Waals surface area contributed by atoms with Crippen LogP contribution in [0.5, 0.6) is 0 Å². The van der Waals surface area contributed by atoms with Crippen LogP contribution in [0.2, 0.25) is 4.34 Å². The Balaban J connectivity index is 2.18. The van der Waals surface area contributed by atoms with E-state index in [0.717, 1.165) is 23.1 Å². The van der Waals surface area contributed by atoms with E-state index in [0.29, 0.717) is 0 Å². The van der Waals surface area contributed by atoms with E-state index in [4.69, 9.17) is 17.3 Å². The Morgan fingerprint density at radius 1 is 1.40 bits per heavy atom. The van der Waals surface area contributed by atoms with Gasteiger partial charge >= 0.3 is 0 Å². The summed E-state index contributed by atoms with van der Waals surface area (Å²) >= 11 is 7.62. The SMILES string of the molecule is CC1CCCC(N)(c2ccc(Cl)s2)CC1. The van der Waals surface area contributed by atoms with E-state index in [1.807, 2.05) is 6.07 Å². The van der Waals surface area contributed by atoms with Crippen molar-refractivity contribution in [2.24, 2.45) is 11.7 Å². The summed E-state index contributed by atoms with van der Waals surface area (Å²) in [7, 11) is 0. The first-order valence-corrected chi connectivity index (χ1v) is 6.84. The molecule has 2 rings (SSSR count). The predicted octanol–water partition coefficient (Wildman–Crippen LogP) is 4.16. The molecule has 0 spiro atoms. The van der Waals surface area contributed by atoms with Crippen LogP contribution >= 0.6 is 22.9 Å². The topological polar surface area (TPSA) is 26.0 Å². The highest BCUT2D eigenvalue weighted by Crippen LogP contribution is 2.39. The highest BCUT2D eigenvalue weighted by atomic mass is 35.5. The van der Waals surface area contributed by atoms with Crippen LogP contribution in [0.1, 0.15) is 43.9 Å². The monoisotopic (exact) mass is 243 g/mol. The molecule has 2 atom stereocenters. The first kappa shape index (κ1) is 11.4. The highest BCUT2D eigenvalue weighted by Gasteiger charge is 2.31. The van der Waals surface area contributed by atoms with Crippen molar-refractivity contribution in [3.05, 3.63) is 21.3 Å². The first-order valence-electron chi connectivity index (χ1n) is 5.65. The maximum absolute atomic E-state index is 6.51. The molecule has 1 heterocycles. The van der Waals surface area contributed by atoms with Gasteiger partial charge in [-0.1, -0.05) is 31.4 Å². The number of hydrogen-bond donors (Lipinski definition) is 1. The molecule has 1 aliphatic rings. The molecule has 0 bridgehead atoms. The summed E-state index contributed by atoms with van der Waals surface area (Å²) < 4.78 is 0.854. The first-order chi connectivity index (χ1) is 7.10. The molecular weight excluding hydrogens is 226 g/mol. The van der Waals surface area contributed by atoms with Gasteiger partial charge in [0.05, 0.1) is 9.88 Å². The zero-order valence-corrected chi connectivity index (χ0v) is 10.7. The molecule has 0 saturated heterocycles. The van der Waals surface area contributed by atoms with E-state index in [1.54, 1.807) is 11.3 Å². The Bertz CT molecular complexity index is 336. The van der Waals surface area contributed by atoms with Crippen molar-refractivity contribution in [1.29, 1.82) is 0 Å². The van der Waals surface area contributed by atoms with Crippen LogP contribution in [0.25, 0.3) is 0 Å². The fraction of sp³-hybridized carbons (Fsp3) is 0.667. The van der Waals surface area contributed by atoms with Crippen molar-refractivity contribution >= 4 is 22.9 Å². The molecule has 0 aromatic carbocycles. The van der Waals surface area contributed by atoms with Gasteiger partial charge in [0.1, 0.15) is 0 Å². The van der Waals surface area contributed by atoms with Gasteiger partial charge in [-0.3, -0.25) is 0 Å². The Hall–Kier alpha value is -0.0500. The minimum Gasteiger partial charge on any atom is -0.321 e. The third kappa shape index (κ3) is 2.55. The smallest absolute Gasteiger partial charge is 0.0931 e. The minimum absolute atomic E-state index is 0.109. The molecular formula is C12H18ClNS. The number of halogens is 1. The van der Waals surface area contributed by atoms with Gasteiger partial charge < -0.3 is 5.73 Å². The number of hydrogen-bond acceptors (Lipinski definition) is 2. The van der Waals surface area contributed by atoms with Crippen LogP contribution in [0, 0.1) is 5.92 Å². The summed E-state index contributed by atoms with van der Waals surface area (Å²) in [4.78, 5) is 1.27. The van der Waals surface area contributed by atoms with Crippen molar-refractivity contribution in [3.63, 3.8) is 0 Å². The molecule has 1 saturated carbocycles. The maximum atomic E-state index is 6.51. The lowest BCUT2D eigenvalue weighted by atomic mass is 9.89. The van der Waals surface area contributed by atoms with Gasteiger partial charge in [0.15, 0.2) is 0 Å². The second kappa shape index (κ2) is 4.44. The summed E-state index contributed by atoms with van der Waals surface area (Å²) in [5.41, 5.74) is 6.40. The van der Waals surface area contributed by atoms with Crippen LogP contribution in [0.15, 0.2) is 12.1 Å². The van der Waals surface area contributed by atoms with E-state index >= 15 is 0 Å². The van der Waals surface area contributed by atoms with Gasteiger partial charge in [-0.2, -0.15) is 0 Å². The minimum atomic E-state index is -0.109. The summed E-state index contributed by atoms with van der Waals surface area (Å²) in [6.45, 7) is 2.33. The molecule has 15 heavy (non-hydrogen) atoms. The standard InChI is InChI=1S/C12H18ClNS/c1-9-3-2-7-12(14,8-6-9)10-4-5-11(13)15-10/h4-5,9H,2-3,6-8,14H2,1H3.